The highest BCUT2D eigenvalue weighted by Crippen LogP contribution is 2.60. The molecule has 0 radical (unpaired) electrons. The summed E-state index contributed by atoms with van der Waals surface area (Å²) in [7, 11) is 0. The predicted molar refractivity (Wildman–Crippen MR) is 112 cm³/mol. The standard InChI is InChI=1S/C23H22BrNO4/c1-11-3-6-15(9-12(11)2)28-14-7-4-13(5-8-14)25-22(26)18-16-10-17-19(18)23(27)29-21(17)20(16)24/h3-9,16-21H,10H2,1-2H3,(H,25,26)/t16-,17-,18-,19-,20+,21+/m1/s1. The monoisotopic (exact) mass is 455 g/mol. The molecule has 0 spiro atoms. The number of halogens is 1. The van der Waals surface area contributed by atoms with E-state index in [1.165, 1.54) is 11.1 Å². The van der Waals surface area contributed by atoms with Crippen LogP contribution in [0.5, 0.6) is 11.5 Å². The number of ether oxygens (including phenoxy) is 2. The normalized spacial score (nSPS) is 31.6. The van der Waals surface area contributed by atoms with Crippen molar-refractivity contribution in [3.63, 3.8) is 0 Å². The number of hydrogen-bond donors (Lipinski definition) is 1. The lowest BCUT2D eigenvalue weighted by atomic mass is 9.79. The zero-order valence-electron chi connectivity index (χ0n) is 16.2. The average Bonchev–Trinajstić information content (AvgIpc) is 3.30. The molecule has 2 bridgehead atoms. The van der Waals surface area contributed by atoms with Crippen LogP contribution in [0.15, 0.2) is 42.5 Å². The molecule has 6 atom stereocenters. The highest BCUT2D eigenvalue weighted by Gasteiger charge is 2.67. The maximum Gasteiger partial charge on any atom is 0.310 e. The summed E-state index contributed by atoms with van der Waals surface area (Å²) in [5, 5.41) is 2.98. The molecule has 1 amide bonds. The fourth-order valence-corrected chi connectivity index (χ4v) is 6.12. The molecule has 2 aromatic rings. The van der Waals surface area contributed by atoms with Gasteiger partial charge in [0.25, 0.3) is 0 Å². The van der Waals surface area contributed by atoms with Gasteiger partial charge in [-0.25, -0.2) is 0 Å². The fourth-order valence-electron chi connectivity index (χ4n) is 5.08. The van der Waals surface area contributed by atoms with Crippen LogP contribution in [-0.4, -0.2) is 22.8 Å². The molecule has 29 heavy (non-hydrogen) atoms. The van der Waals surface area contributed by atoms with Gasteiger partial charge in [0, 0.05) is 11.6 Å². The van der Waals surface area contributed by atoms with E-state index >= 15 is 0 Å². The third-order valence-electron chi connectivity index (χ3n) is 6.66. The molecule has 3 aliphatic rings. The van der Waals surface area contributed by atoms with Crippen LogP contribution < -0.4 is 10.1 Å². The van der Waals surface area contributed by atoms with Crippen molar-refractivity contribution >= 4 is 33.5 Å². The number of aryl methyl sites for hydroxylation is 2. The van der Waals surface area contributed by atoms with Crippen molar-refractivity contribution in [2.75, 3.05) is 5.32 Å². The minimum atomic E-state index is -0.331. The van der Waals surface area contributed by atoms with Gasteiger partial charge in [-0.05, 0) is 73.7 Å². The van der Waals surface area contributed by atoms with E-state index in [1.54, 1.807) is 0 Å². The third kappa shape index (κ3) is 3.05. The van der Waals surface area contributed by atoms with E-state index in [0.29, 0.717) is 11.4 Å². The summed E-state index contributed by atoms with van der Waals surface area (Å²) in [5.74, 6) is 0.843. The van der Waals surface area contributed by atoms with Crippen LogP contribution in [0.4, 0.5) is 5.69 Å². The molecule has 2 aliphatic carbocycles. The molecule has 0 unspecified atom stereocenters. The molecule has 2 aromatic carbocycles. The number of fused-ring (bicyclic) bond motifs is 1. The lowest BCUT2D eigenvalue weighted by molar-refractivity contribution is -0.145. The van der Waals surface area contributed by atoms with Gasteiger partial charge in [0.05, 0.1) is 16.7 Å². The van der Waals surface area contributed by atoms with Crippen LogP contribution in [0.25, 0.3) is 0 Å². The zero-order valence-corrected chi connectivity index (χ0v) is 17.8. The van der Waals surface area contributed by atoms with Gasteiger partial charge in [0.1, 0.15) is 17.6 Å². The minimum Gasteiger partial charge on any atom is -0.461 e. The second-order valence-corrected chi connectivity index (χ2v) is 9.38. The second kappa shape index (κ2) is 6.87. The summed E-state index contributed by atoms with van der Waals surface area (Å²) in [6.45, 7) is 4.12. The van der Waals surface area contributed by atoms with Gasteiger partial charge in [-0.2, -0.15) is 0 Å². The van der Waals surface area contributed by atoms with E-state index in [0.717, 1.165) is 12.2 Å². The van der Waals surface area contributed by atoms with E-state index in [2.05, 4.69) is 35.1 Å². The maximum atomic E-state index is 13.0. The number of carbonyl (C=O) groups is 2. The Kier molecular flexibility index (Phi) is 4.42. The van der Waals surface area contributed by atoms with Gasteiger partial charge in [-0.1, -0.05) is 22.0 Å². The second-order valence-electron chi connectivity index (χ2n) is 8.32. The number of anilines is 1. The van der Waals surface area contributed by atoms with Crippen LogP contribution >= 0.6 is 15.9 Å². The Bertz CT molecular complexity index is 989. The average molecular weight is 456 g/mol. The lowest BCUT2D eigenvalue weighted by Crippen LogP contribution is -2.40. The number of benzene rings is 2. The van der Waals surface area contributed by atoms with Gasteiger partial charge in [-0.15, -0.1) is 0 Å². The third-order valence-corrected chi connectivity index (χ3v) is 7.86. The Labute approximate surface area is 177 Å². The first-order chi connectivity index (χ1) is 13.9. The first kappa shape index (κ1) is 18.7. The van der Waals surface area contributed by atoms with Crippen molar-refractivity contribution in [2.24, 2.45) is 23.7 Å². The largest absolute Gasteiger partial charge is 0.461 e. The Morgan fingerprint density at radius 1 is 1.07 bits per heavy atom. The zero-order chi connectivity index (χ0) is 20.3. The van der Waals surface area contributed by atoms with Gasteiger partial charge < -0.3 is 14.8 Å². The van der Waals surface area contributed by atoms with E-state index in [4.69, 9.17) is 9.47 Å². The summed E-state index contributed by atoms with van der Waals surface area (Å²) in [5.41, 5.74) is 3.09. The van der Waals surface area contributed by atoms with Crippen LogP contribution in [0.3, 0.4) is 0 Å². The number of carbonyl (C=O) groups excluding carboxylic acids is 2. The molecular formula is C23H22BrNO4. The molecular weight excluding hydrogens is 434 g/mol. The molecule has 1 saturated heterocycles. The Hall–Kier alpha value is -2.34. The van der Waals surface area contributed by atoms with Gasteiger partial charge in [0.2, 0.25) is 5.91 Å². The van der Waals surface area contributed by atoms with Gasteiger partial charge in [-0.3, -0.25) is 9.59 Å². The number of hydrogen-bond acceptors (Lipinski definition) is 4. The SMILES string of the molecule is Cc1ccc(Oc2ccc(NC(=O)[C@@H]3[C@H]4C[C@H]5[C@H](OC(=O)[C@H]53)[C@H]4Br)cc2)cc1C. The predicted octanol–water partition coefficient (Wildman–Crippen LogP) is 4.61. The van der Waals surface area contributed by atoms with Crippen LogP contribution in [0, 0.1) is 37.5 Å². The van der Waals surface area contributed by atoms with E-state index in [9.17, 15) is 9.59 Å². The van der Waals surface area contributed by atoms with Crippen molar-refractivity contribution in [2.45, 2.75) is 31.2 Å². The molecule has 1 N–H and O–H groups in total. The molecule has 5 nitrogen and oxygen atoms in total. The molecule has 3 fully saturated rings. The van der Waals surface area contributed by atoms with Crippen LogP contribution in [-0.2, 0) is 14.3 Å². The summed E-state index contributed by atoms with van der Waals surface area (Å²) < 4.78 is 11.4. The van der Waals surface area contributed by atoms with Gasteiger partial charge in [0.15, 0.2) is 0 Å². The topological polar surface area (TPSA) is 64.6 Å². The van der Waals surface area contributed by atoms with Crippen molar-refractivity contribution in [1.29, 1.82) is 0 Å². The first-order valence-electron chi connectivity index (χ1n) is 9.93. The van der Waals surface area contributed by atoms with E-state index in [-0.39, 0.29) is 46.5 Å². The minimum absolute atomic E-state index is 0.0663. The van der Waals surface area contributed by atoms with Crippen molar-refractivity contribution in [3.8, 4) is 11.5 Å². The summed E-state index contributed by atoms with van der Waals surface area (Å²) >= 11 is 3.65. The van der Waals surface area contributed by atoms with Crippen molar-refractivity contribution < 1.29 is 19.1 Å². The highest BCUT2D eigenvalue weighted by molar-refractivity contribution is 9.09. The number of rotatable bonds is 4. The summed E-state index contributed by atoms with van der Waals surface area (Å²) in [6.07, 6.45) is 0.807. The Morgan fingerprint density at radius 2 is 1.79 bits per heavy atom. The quantitative estimate of drug-likeness (QED) is 0.540. The fraction of sp³-hybridized carbons (Fsp3) is 0.391. The van der Waals surface area contributed by atoms with E-state index in [1.807, 2.05) is 42.5 Å². The summed E-state index contributed by atoms with van der Waals surface area (Å²) in [4.78, 5) is 25.3. The van der Waals surface area contributed by atoms with E-state index < -0.39 is 0 Å². The lowest BCUT2D eigenvalue weighted by Gasteiger charge is -2.27. The van der Waals surface area contributed by atoms with Crippen LogP contribution in [0.1, 0.15) is 17.5 Å². The Morgan fingerprint density at radius 3 is 2.52 bits per heavy atom. The maximum absolute atomic E-state index is 13.0. The summed E-state index contributed by atoms with van der Waals surface area (Å²) in [6, 6.07) is 13.3. The number of esters is 1. The molecule has 1 aliphatic heterocycles. The van der Waals surface area contributed by atoms with Crippen molar-refractivity contribution in [1.82, 2.24) is 0 Å². The molecule has 5 rings (SSSR count). The molecule has 1 heterocycles. The number of nitrogens with one attached hydrogen (secondary N) is 1. The molecule has 6 heteroatoms. The van der Waals surface area contributed by atoms with Crippen molar-refractivity contribution in [3.05, 3.63) is 53.6 Å². The van der Waals surface area contributed by atoms with Gasteiger partial charge >= 0.3 is 5.97 Å². The van der Waals surface area contributed by atoms with Crippen LogP contribution in [0.2, 0.25) is 0 Å². The molecule has 2 saturated carbocycles. The first-order valence-corrected chi connectivity index (χ1v) is 10.8. The molecule has 150 valence electrons. The number of alkyl halides is 1. The Balaban J connectivity index is 1.27. The molecule has 0 aromatic heterocycles. The highest BCUT2D eigenvalue weighted by atomic mass is 79.9. The number of amides is 1. The smallest absolute Gasteiger partial charge is 0.310 e.